The molecule has 1 aliphatic heterocycles. The molecule has 1 N–H and O–H groups in total. The quantitative estimate of drug-likeness (QED) is 0.529. The second kappa shape index (κ2) is 10.6. The number of aromatic nitrogens is 1. The van der Waals surface area contributed by atoms with Crippen LogP contribution in [0.15, 0.2) is 64.9 Å². The van der Waals surface area contributed by atoms with E-state index in [0.29, 0.717) is 24.5 Å². The van der Waals surface area contributed by atoms with Crippen LogP contribution in [0.2, 0.25) is 0 Å². The van der Waals surface area contributed by atoms with Crippen molar-refractivity contribution in [3.8, 4) is 0 Å². The first-order valence-corrected chi connectivity index (χ1v) is 13.4. The summed E-state index contributed by atoms with van der Waals surface area (Å²) in [6, 6.07) is 16.6. The molecule has 2 heterocycles. The predicted molar refractivity (Wildman–Crippen MR) is 131 cm³/mol. The Kier molecular flexibility index (Phi) is 7.54. The molecule has 3 aromatic rings. The number of anilines is 1. The molecular formula is C24H28N4O3S2. The molecular weight excluding hydrogens is 456 g/mol. The van der Waals surface area contributed by atoms with Gasteiger partial charge in [0, 0.05) is 43.7 Å². The maximum Gasteiger partial charge on any atom is 0.275 e. The highest BCUT2D eigenvalue weighted by Gasteiger charge is 2.28. The Morgan fingerprint density at radius 3 is 2.52 bits per heavy atom. The lowest BCUT2D eigenvalue weighted by Gasteiger charge is -2.33. The maximum atomic E-state index is 13.1. The number of thiazole rings is 1. The van der Waals surface area contributed by atoms with E-state index in [1.165, 1.54) is 27.3 Å². The lowest BCUT2D eigenvalue weighted by atomic mass is 10.1. The Hall–Kier alpha value is -2.59. The summed E-state index contributed by atoms with van der Waals surface area (Å²) in [6.45, 7) is 5.38. The monoisotopic (exact) mass is 484 g/mol. The van der Waals surface area contributed by atoms with Crippen LogP contribution in [0.3, 0.4) is 0 Å². The molecule has 2 aromatic carbocycles. The van der Waals surface area contributed by atoms with Crippen molar-refractivity contribution in [2.45, 2.75) is 24.7 Å². The molecule has 174 valence electrons. The van der Waals surface area contributed by atoms with Crippen LogP contribution < -0.4 is 5.32 Å². The summed E-state index contributed by atoms with van der Waals surface area (Å²) in [5, 5.41) is 5.43. The fourth-order valence-corrected chi connectivity index (χ4v) is 6.04. The van der Waals surface area contributed by atoms with Crippen molar-refractivity contribution in [3.05, 3.63) is 76.2 Å². The number of carbonyl (C=O) groups excluding carboxylic acids is 1. The molecule has 33 heavy (non-hydrogen) atoms. The van der Waals surface area contributed by atoms with Gasteiger partial charge in [0.2, 0.25) is 10.0 Å². The zero-order chi connectivity index (χ0) is 23.3. The zero-order valence-corrected chi connectivity index (χ0v) is 20.2. The molecule has 0 bridgehead atoms. The van der Waals surface area contributed by atoms with Gasteiger partial charge in [0.1, 0.15) is 5.69 Å². The summed E-state index contributed by atoms with van der Waals surface area (Å²) in [7, 11) is -3.60. The third-order valence-corrected chi connectivity index (χ3v) is 8.57. The van der Waals surface area contributed by atoms with Crippen LogP contribution in [0, 0.1) is 0 Å². The number of hydrogen-bond donors (Lipinski definition) is 1. The van der Waals surface area contributed by atoms with Gasteiger partial charge in [-0.25, -0.2) is 13.4 Å². The van der Waals surface area contributed by atoms with Crippen LogP contribution in [0.25, 0.3) is 0 Å². The number of likely N-dealkylation sites (N-methyl/N-ethyl adjacent to an activating group) is 1. The number of amides is 1. The lowest BCUT2D eigenvalue weighted by Crippen LogP contribution is -2.48. The molecule has 0 radical (unpaired) electrons. The topological polar surface area (TPSA) is 82.6 Å². The first-order valence-electron chi connectivity index (χ1n) is 11.1. The maximum absolute atomic E-state index is 13.1. The molecule has 9 heteroatoms. The number of carbonyl (C=O) groups is 1. The van der Waals surface area contributed by atoms with Gasteiger partial charge in [-0.05, 0) is 36.7 Å². The van der Waals surface area contributed by atoms with Crippen molar-refractivity contribution in [3.63, 3.8) is 0 Å². The molecule has 4 rings (SSSR count). The SMILES string of the molecule is CCN1CCN(S(=O)(=O)c2cccc(NC(=O)c3csc(CCc4ccccc4)n3)c2)CC1. The molecule has 0 atom stereocenters. The van der Waals surface area contributed by atoms with E-state index in [2.05, 4.69) is 34.3 Å². The number of aryl methyl sites for hydroxylation is 2. The summed E-state index contributed by atoms with van der Waals surface area (Å²) in [6.07, 6.45) is 1.63. The second-order valence-electron chi connectivity index (χ2n) is 7.93. The molecule has 1 saturated heterocycles. The van der Waals surface area contributed by atoms with Crippen molar-refractivity contribution in [1.29, 1.82) is 0 Å². The third-order valence-electron chi connectivity index (χ3n) is 5.76. The predicted octanol–water partition coefficient (Wildman–Crippen LogP) is 3.51. The summed E-state index contributed by atoms with van der Waals surface area (Å²) >= 11 is 1.46. The van der Waals surface area contributed by atoms with Crippen LogP contribution in [0.1, 0.15) is 28.0 Å². The lowest BCUT2D eigenvalue weighted by molar-refractivity contribution is 0.102. The Morgan fingerprint density at radius 1 is 1.03 bits per heavy atom. The van der Waals surface area contributed by atoms with Gasteiger partial charge in [0.05, 0.1) is 9.90 Å². The van der Waals surface area contributed by atoms with Gasteiger partial charge >= 0.3 is 0 Å². The first-order chi connectivity index (χ1) is 16.0. The van der Waals surface area contributed by atoms with Crippen LogP contribution in [-0.4, -0.2) is 61.2 Å². The van der Waals surface area contributed by atoms with Crippen molar-refractivity contribution in [2.75, 3.05) is 38.0 Å². The Balaban J connectivity index is 1.39. The third kappa shape index (κ3) is 5.86. The smallest absolute Gasteiger partial charge is 0.275 e. The average Bonchev–Trinajstić information content (AvgIpc) is 3.33. The minimum Gasteiger partial charge on any atom is -0.321 e. The van der Waals surface area contributed by atoms with E-state index >= 15 is 0 Å². The van der Waals surface area contributed by atoms with Crippen molar-refractivity contribution >= 4 is 33.0 Å². The highest BCUT2D eigenvalue weighted by Crippen LogP contribution is 2.22. The molecule has 7 nitrogen and oxygen atoms in total. The first kappa shape index (κ1) is 23.6. The van der Waals surface area contributed by atoms with Gasteiger partial charge < -0.3 is 10.2 Å². The summed E-state index contributed by atoms with van der Waals surface area (Å²) in [5.74, 6) is -0.344. The largest absolute Gasteiger partial charge is 0.321 e. The normalized spacial score (nSPS) is 15.4. The minimum absolute atomic E-state index is 0.187. The van der Waals surface area contributed by atoms with Gasteiger partial charge in [-0.1, -0.05) is 43.3 Å². The number of benzene rings is 2. The summed E-state index contributed by atoms with van der Waals surface area (Å²) in [4.78, 5) is 19.6. The van der Waals surface area contributed by atoms with E-state index in [0.717, 1.165) is 37.5 Å². The molecule has 0 aliphatic carbocycles. The Bertz CT molecular complexity index is 1190. The molecule has 0 unspecified atom stereocenters. The molecule has 0 saturated carbocycles. The van der Waals surface area contributed by atoms with E-state index in [-0.39, 0.29) is 10.8 Å². The number of sulfonamides is 1. The highest BCUT2D eigenvalue weighted by molar-refractivity contribution is 7.89. The van der Waals surface area contributed by atoms with Crippen molar-refractivity contribution in [1.82, 2.24) is 14.2 Å². The van der Waals surface area contributed by atoms with Gasteiger partial charge in [-0.2, -0.15) is 4.31 Å². The van der Waals surface area contributed by atoms with E-state index in [1.807, 2.05) is 18.2 Å². The van der Waals surface area contributed by atoms with Gasteiger partial charge in [-0.3, -0.25) is 4.79 Å². The van der Waals surface area contributed by atoms with E-state index in [9.17, 15) is 13.2 Å². The van der Waals surface area contributed by atoms with E-state index in [1.54, 1.807) is 23.6 Å². The average molecular weight is 485 g/mol. The Labute approximate surface area is 199 Å². The second-order valence-corrected chi connectivity index (χ2v) is 10.8. The van der Waals surface area contributed by atoms with Gasteiger partial charge in [0.15, 0.2) is 0 Å². The van der Waals surface area contributed by atoms with Crippen LogP contribution in [0.5, 0.6) is 0 Å². The minimum atomic E-state index is -3.60. The van der Waals surface area contributed by atoms with Crippen molar-refractivity contribution < 1.29 is 13.2 Å². The van der Waals surface area contributed by atoms with Crippen LogP contribution in [-0.2, 0) is 22.9 Å². The highest BCUT2D eigenvalue weighted by atomic mass is 32.2. The molecule has 1 fully saturated rings. The molecule has 1 aliphatic rings. The van der Waals surface area contributed by atoms with Crippen LogP contribution in [0.4, 0.5) is 5.69 Å². The Morgan fingerprint density at radius 2 is 1.79 bits per heavy atom. The van der Waals surface area contributed by atoms with E-state index < -0.39 is 10.0 Å². The summed E-state index contributed by atoms with van der Waals surface area (Å²) < 4.78 is 27.6. The standard InChI is InChI=1S/C24H28N4O3S2/c1-2-27-13-15-28(16-14-27)33(30,31)21-10-6-9-20(17-21)25-24(29)22-18-32-23(26-22)12-11-19-7-4-3-5-8-19/h3-10,17-18H,2,11-16H2,1H3,(H,25,29). The number of rotatable bonds is 8. The fraction of sp³-hybridized carbons (Fsp3) is 0.333. The van der Waals surface area contributed by atoms with Gasteiger partial charge in [0.25, 0.3) is 5.91 Å². The number of hydrogen-bond acceptors (Lipinski definition) is 6. The fourth-order valence-electron chi connectivity index (χ4n) is 3.79. The molecule has 0 spiro atoms. The van der Waals surface area contributed by atoms with Crippen LogP contribution >= 0.6 is 11.3 Å². The number of piperazine rings is 1. The summed E-state index contributed by atoms with van der Waals surface area (Å²) in [5.41, 5.74) is 2.01. The van der Waals surface area contributed by atoms with Crippen molar-refractivity contribution in [2.24, 2.45) is 0 Å². The molecule has 1 amide bonds. The zero-order valence-electron chi connectivity index (χ0n) is 18.6. The number of nitrogens with zero attached hydrogens (tertiary/aromatic N) is 3. The van der Waals surface area contributed by atoms with E-state index in [4.69, 9.17) is 0 Å². The number of nitrogens with one attached hydrogen (secondary N) is 1. The molecule has 1 aromatic heterocycles. The van der Waals surface area contributed by atoms with Gasteiger partial charge in [-0.15, -0.1) is 11.3 Å².